The molecule has 0 aliphatic rings. The summed E-state index contributed by atoms with van der Waals surface area (Å²) in [6.07, 6.45) is 0.0494. The topological polar surface area (TPSA) is 22.1 Å². The monoisotopic (exact) mass is 201 g/mol. The van der Waals surface area contributed by atoms with Crippen LogP contribution in [0, 0.1) is 6.92 Å². The van der Waals surface area contributed by atoms with Gasteiger partial charge in [-0.15, -0.1) is 0 Å². The highest BCUT2D eigenvalue weighted by Crippen LogP contribution is 2.21. The summed E-state index contributed by atoms with van der Waals surface area (Å²) >= 11 is 0. The Hall–Kier alpha value is -1.41. The molecule has 0 bridgehead atoms. The second kappa shape index (κ2) is 3.99. The van der Waals surface area contributed by atoms with Crippen molar-refractivity contribution in [2.45, 2.75) is 20.0 Å². The SMILES string of the molecule is COC(C)c1cc(C)c2ccccc2n1. The highest BCUT2D eigenvalue weighted by molar-refractivity contribution is 5.82. The van der Waals surface area contributed by atoms with Crippen molar-refractivity contribution >= 4 is 10.9 Å². The van der Waals surface area contributed by atoms with Gasteiger partial charge in [-0.25, -0.2) is 0 Å². The predicted molar refractivity (Wildman–Crippen MR) is 61.9 cm³/mol. The molecular formula is C13H15NO. The lowest BCUT2D eigenvalue weighted by Gasteiger charge is -2.11. The summed E-state index contributed by atoms with van der Waals surface area (Å²) < 4.78 is 5.28. The van der Waals surface area contributed by atoms with Gasteiger partial charge in [-0.2, -0.15) is 0 Å². The molecule has 2 nitrogen and oxygen atoms in total. The van der Waals surface area contributed by atoms with Crippen LogP contribution in [0.4, 0.5) is 0 Å². The van der Waals surface area contributed by atoms with E-state index in [1.54, 1.807) is 7.11 Å². The van der Waals surface area contributed by atoms with Gasteiger partial charge in [0, 0.05) is 12.5 Å². The van der Waals surface area contributed by atoms with Gasteiger partial charge in [-0.3, -0.25) is 4.98 Å². The van der Waals surface area contributed by atoms with Gasteiger partial charge in [0.05, 0.1) is 17.3 Å². The van der Waals surface area contributed by atoms with Gasteiger partial charge in [-0.1, -0.05) is 18.2 Å². The summed E-state index contributed by atoms with van der Waals surface area (Å²) in [4.78, 5) is 4.58. The molecule has 2 heteroatoms. The van der Waals surface area contributed by atoms with Crippen LogP contribution in [0.2, 0.25) is 0 Å². The van der Waals surface area contributed by atoms with Gasteiger partial charge in [0.15, 0.2) is 0 Å². The Balaban J connectivity index is 2.62. The molecule has 2 aromatic rings. The predicted octanol–water partition coefficient (Wildman–Crippen LogP) is 3.25. The van der Waals surface area contributed by atoms with E-state index < -0.39 is 0 Å². The zero-order chi connectivity index (χ0) is 10.8. The van der Waals surface area contributed by atoms with Crippen molar-refractivity contribution in [3.05, 3.63) is 41.6 Å². The molecule has 0 fully saturated rings. The molecule has 0 spiro atoms. The highest BCUT2D eigenvalue weighted by atomic mass is 16.5. The standard InChI is InChI=1S/C13H15NO/c1-9-8-13(10(2)15-3)14-12-7-5-4-6-11(9)12/h4-8,10H,1-3H3. The minimum absolute atomic E-state index is 0.0494. The Labute approximate surface area is 89.9 Å². The Bertz CT molecular complexity index is 479. The molecule has 1 atom stereocenters. The third-order valence-corrected chi connectivity index (χ3v) is 2.71. The van der Waals surface area contributed by atoms with E-state index in [0.29, 0.717) is 0 Å². The summed E-state index contributed by atoms with van der Waals surface area (Å²) in [5.74, 6) is 0. The van der Waals surface area contributed by atoms with Crippen molar-refractivity contribution in [3.8, 4) is 0 Å². The normalized spacial score (nSPS) is 13.0. The van der Waals surface area contributed by atoms with Gasteiger partial charge in [-0.05, 0) is 31.5 Å². The molecule has 1 aromatic heterocycles. The van der Waals surface area contributed by atoms with E-state index in [-0.39, 0.29) is 6.10 Å². The maximum atomic E-state index is 5.28. The number of hydrogen-bond donors (Lipinski definition) is 0. The zero-order valence-corrected chi connectivity index (χ0v) is 9.32. The van der Waals surface area contributed by atoms with E-state index in [1.807, 2.05) is 25.1 Å². The number of nitrogens with zero attached hydrogens (tertiary/aromatic N) is 1. The van der Waals surface area contributed by atoms with Crippen molar-refractivity contribution in [1.29, 1.82) is 0 Å². The molecule has 0 aliphatic carbocycles. The fourth-order valence-corrected chi connectivity index (χ4v) is 1.70. The molecule has 0 aliphatic heterocycles. The van der Waals surface area contributed by atoms with E-state index in [9.17, 15) is 0 Å². The van der Waals surface area contributed by atoms with Crippen molar-refractivity contribution in [2.24, 2.45) is 0 Å². The number of benzene rings is 1. The van der Waals surface area contributed by atoms with Crippen molar-refractivity contribution in [2.75, 3.05) is 7.11 Å². The Kier molecular flexibility index (Phi) is 2.69. The van der Waals surface area contributed by atoms with Gasteiger partial charge in [0.2, 0.25) is 0 Å². The molecule has 1 aromatic carbocycles. The van der Waals surface area contributed by atoms with E-state index in [4.69, 9.17) is 4.74 Å². The first-order valence-electron chi connectivity index (χ1n) is 5.11. The van der Waals surface area contributed by atoms with Crippen LogP contribution in [-0.4, -0.2) is 12.1 Å². The fourth-order valence-electron chi connectivity index (χ4n) is 1.70. The number of fused-ring (bicyclic) bond motifs is 1. The number of aromatic nitrogens is 1. The van der Waals surface area contributed by atoms with Crippen LogP contribution >= 0.6 is 0 Å². The van der Waals surface area contributed by atoms with Gasteiger partial charge >= 0.3 is 0 Å². The lowest BCUT2D eigenvalue weighted by Crippen LogP contribution is -2.00. The molecule has 78 valence electrons. The van der Waals surface area contributed by atoms with Crippen molar-refractivity contribution in [1.82, 2.24) is 4.98 Å². The van der Waals surface area contributed by atoms with Crippen LogP contribution in [0.1, 0.15) is 24.3 Å². The largest absolute Gasteiger partial charge is 0.375 e. The second-order valence-corrected chi connectivity index (χ2v) is 3.76. The summed E-state index contributed by atoms with van der Waals surface area (Å²) in [6, 6.07) is 10.3. The first-order valence-corrected chi connectivity index (χ1v) is 5.11. The smallest absolute Gasteiger partial charge is 0.0963 e. The number of methoxy groups -OCH3 is 1. The van der Waals surface area contributed by atoms with Gasteiger partial charge in [0.25, 0.3) is 0 Å². The number of para-hydroxylation sites is 1. The Morgan fingerprint density at radius 3 is 2.73 bits per heavy atom. The van der Waals surface area contributed by atoms with E-state index in [0.717, 1.165) is 11.2 Å². The van der Waals surface area contributed by atoms with Crippen LogP contribution in [-0.2, 0) is 4.74 Å². The first-order chi connectivity index (χ1) is 7.22. The number of hydrogen-bond acceptors (Lipinski definition) is 2. The Morgan fingerprint density at radius 2 is 2.00 bits per heavy atom. The highest BCUT2D eigenvalue weighted by Gasteiger charge is 2.08. The number of aryl methyl sites for hydroxylation is 1. The van der Waals surface area contributed by atoms with Crippen LogP contribution in [0.5, 0.6) is 0 Å². The third-order valence-electron chi connectivity index (χ3n) is 2.71. The average Bonchev–Trinajstić information content (AvgIpc) is 2.28. The molecule has 1 heterocycles. The first kappa shape index (κ1) is 10.1. The van der Waals surface area contributed by atoms with Gasteiger partial charge < -0.3 is 4.74 Å². The average molecular weight is 201 g/mol. The molecule has 0 saturated carbocycles. The Morgan fingerprint density at radius 1 is 1.27 bits per heavy atom. The number of rotatable bonds is 2. The molecule has 1 unspecified atom stereocenters. The van der Waals surface area contributed by atoms with Crippen LogP contribution in [0.15, 0.2) is 30.3 Å². The molecule has 0 saturated heterocycles. The molecule has 0 N–H and O–H groups in total. The minimum atomic E-state index is 0.0494. The van der Waals surface area contributed by atoms with Crippen LogP contribution in [0.25, 0.3) is 10.9 Å². The van der Waals surface area contributed by atoms with E-state index >= 15 is 0 Å². The summed E-state index contributed by atoms with van der Waals surface area (Å²) in [6.45, 7) is 4.12. The molecule has 15 heavy (non-hydrogen) atoms. The minimum Gasteiger partial charge on any atom is -0.375 e. The molecule has 0 radical (unpaired) electrons. The maximum Gasteiger partial charge on any atom is 0.0963 e. The fraction of sp³-hybridized carbons (Fsp3) is 0.308. The molecule has 2 rings (SSSR count). The lowest BCUT2D eigenvalue weighted by atomic mass is 10.1. The lowest BCUT2D eigenvalue weighted by molar-refractivity contribution is 0.116. The molecular weight excluding hydrogens is 186 g/mol. The van der Waals surface area contributed by atoms with Gasteiger partial charge in [0.1, 0.15) is 0 Å². The van der Waals surface area contributed by atoms with Crippen LogP contribution < -0.4 is 0 Å². The number of ether oxygens (including phenoxy) is 1. The van der Waals surface area contributed by atoms with Crippen molar-refractivity contribution in [3.63, 3.8) is 0 Å². The second-order valence-electron chi connectivity index (χ2n) is 3.76. The van der Waals surface area contributed by atoms with E-state index in [2.05, 4.69) is 24.0 Å². The summed E-state index contributed by atoms with van der Waals surface area (Å²) in [7, 11) is 1.71. The summed E-state index contributed by atoms with van der Waals surface area (Å²) in [5, 5.41) is 1.21. The molecule has 0 amide bonds. The number of pyridine rings is 1. The maximum absolute atomic E-state index is 5.28. The van der Waals surface area contributed by atoms with Crippen molar-refractivity contribution < 1.29 is 4.74 Å². The zero-order valence-electron chi connectivity index (χ0n) is 9.32. The van der Waals surface area contributed by atoms with E-state index in [1.165, 1.54) is 10.9 Å². The van der Waals surface area contributed by atoms with Crippen LogP contribution in [0.3, 0.4) is 0 Å². The quantitative estimate of drug-likeness (QED) is 0.744. The third kappa shape index (κ3) is 1.85. The summed E-state index contributed by atoms with van der Waals surface area (Å²) in [5.41, 5.74) is 3.28.